The minimum absolute atomic E-state index is 0.000441. The van der Waals surface area contributed by atoms with Crippen molar-refractivity contribution in [1.82, 2.24) is 14.9 Å². The highest BCUT2D eigenvalue weighted by atomic mass is 16.3. The van der Waals surface area contributed by atoms with Crippen molar-refractivity contribution >= 4 is 28.5 Å². The minimum atomic E-state index is -0.360. The molecule has 3 aromatic rings. The van der Waals surface area contributed by atoms with Crippen LogP contribution < -0.4 is 5.32 Å². The Balaban J connectivity index is 1.36. The number of anilines is 1. The highest BCUT2D eigenvalue weighted by molar-refractivity contribution is 5.98. The molecule has 3 N–H and O–H groups in total. The van der Waals surface area contributed by atoms with Gasteiger partial charge in [-0.3, -0.25) is 9.59 Å². The smallest absolute Gasteiger partial charge is 0.229 e. The van der Waals surface area contributed by atoms with Crippen LogP contribution in [0.1, 0.15) is 37.6 Å². The molecule has 1 atom stereocenters. The van der Waals surface area contributed by atoms with Gasteiger partial charge in [-0.15, -0.1) is 0 Å². The van der Waals surface area contributed by atoms with Crippen LogP contribution >= 0.6 is 0 Å². The summed E-state index contributed by atoms with van der Waals surface area (Å²) >= 11 is 0. The van der Waals surface area contributed by atoms with Gasteiger partial charge in [-0.1, -0.05) is 26.0 Å². The number of fused-ring (bicyclic) bond motifs is 1. The molecule has 4 rings (SSSR count). The molecule has 0 aliphatic carbocycles. The number of carbonyl (C=O) groups is 2. The lowest BCUT2D eigenvalue weighted by molar-refractivity contribution is -0.128. The molecule has 0 radical (unpaired) electrons. The SMILES string of the molecule is CC(C)c1nc2ccc(NC(=O)[C@@H]3CC(=O)N(CCc4ccc(O)cc4)C3)cc2[nH]1. The maximum Gasteiger partial charge on any atom is 0.229 e. The van der Waals surface area contributed by atoms with Gasteiger partial charge in [-0.2, -0.15) is 0 Å². The zero-order chi connectivity index (χ0) is 21.3. The number of aromatic amines is 1. The number of imidazole rings is 1. The summed E-state index contributed by atoms with van der Waals surface area (Å²) in [6, 6.07) is 12.6. The van der Waals surface area contributed by atoms with E-state index in [1.54, 1.807) is 17.0 Å². The molecule has 7 heteroatoms. The van der Waals surface area contributed by atoms with Gasteiger partial charge in [-0.25, -0.2) is 4.98 Å². The van der Waals surface area contributed by atoms with Crippen LogP contribution in [0.3, 0.4) is 0 Å². The highest BCUT2D eigenvalue weighted by Crippen LogP contribution is 2.23. The number of rotatable bonds is 6. The van der Waals surface area contributed by atoms with Crippen molar-refractivity contribution in [2.24, 2.45) is 5.92 Å². The summed E-state index contributed by atoms with van der Waals surface area (Å²) in [5.74, 6) is 0.937. The van der Waals surface area contributed by atoms with Crippen molar-refractivity contribution in [3.05, 3.63) is 53.9 Å². The Hall–Kier alpha value is -3.35. The van der Waals surface area contributed by atoms with E-state index in [0.717, 1.165) is 22.4 Å². The number of phenols is 1. The molecule has 2 amide bonds. The van der Waals surface area contributed by atoms with E-state index < -0.39 is 0 Å². The molecule has 0 saturated carbocycles. The average Bonchev–Trinajstić information content (AvgIpc) is 3.31. The van der Waals surface area contributed by atoms with Crippen LogP contribution in [-0.4, -0.2) is 44.9 Å². The van der Waals surface area contributed by atoms with Gasteiger partial charge < -0.3 is 20.3 Å². The first kappa shape index (κ1) is 19.9. The van der Waals surface area contributed by atoms with Crippen molar-refractivity contribution in [2.45, 2.75) is 32.6 Å². The van der Waals surface area contributed by atoms with Crippen molar-refractivity contribution in [3.63, 3.8) is 0 Å². The van der Waals surface area contributed by atoms with Gasteiger partial charge in [0.1, 0.15) is 11.6 Å². The summed E-state index contributed by atoms with van der Waals surface area (Å²) in [5, 5.41) is 12.3. The monoisotopic (exact) mass is 406 g/mol. The van der Waals surface area contributed by atoms with E-state index in [4.69, 9.17) is 0 Å². The van der Waals surface area contributed by atoms with Crippen molar-refractivity contribution in [2.75, 3.05) is 18.4 Å². The Morgan fingerprint density at radius 1 is 1.27 bits per heavy atom. The van der Waals surface area contributed by atoms with Crippen LogP contribution in [0.25, 0.3) is 11.0 Å². The minimum Gasteiger partial charge on any atom is -0.508 e. The van der Waals surface area contributed by atoms with Crippen molar-refractivity contribution in [3.8, 4) is 5.75 Å². The zero-order valence-electron chi connectivity index (χ0n) is 17.2. The molecule has 2 heterocycles. The first-order valence-electron chi connectivity index (χ1n) is 10.3. The lowest BCUT2D eigenvalue weighted by Gasteiger charge is -2.16. The number of aromatic nitrogens is 2. The van der Waals surface area contributed by atoms with Crippen LogP contribution in [0.4, 0.5) is 5.69 Å². The summed E-state index contributed by atoms with van der Waals surface area (Å²) < 4.78 is 0. The molecule has 1 saturated heterocycles. The number of hydrogen-bond donors (Lipinski definition) is 3. The maximum atomic E-state index is 12.7. The fourth-order valence-corrected chi connectivity index (χ4v) is 3.72. The fraction of sp³-hybridized carbons (Fsp3) is 0.348. The number of hydrogen-bond acceptors (Lipinski definition) is 4. The number of H-pyrrole nitrogens is 1. The predicted octanol–water partition coefficient (Wildman–Crippen LogP) is 3.42. The lowest BCUT2D eigenvalue weighted by atomic mass is 10.1. The van der Waals surface area contributed by atoms with E-state index in [2.05, 4.69) is 29.1 Å². The quantitative estimate of drug-likeness (QED) is 0.584. The van der Waals surface area contributed by atoms with Crippen LogP contribution in [0.5, 0.6) is 5.75 Å². The van der Waals surface area contributed by atoms with E-state index in [9.17, 15) is 14.7 Å². The van der Waals surface area contributed by atoms with Gasteiger partial charge in [0.2, 0.25) is 11.8 Å². The molecule has 1 aliphatic heterocycles. The fourth-order valence-electron chi connectivity index (χ4n) is 3.72. The van der Waals surface area contributed by atoms with Crippen molar-refractivity contribution < 1.29 is 14.7 Å². The number of nitrogens with one attached hydrogen (secondary N) is 2. The predicted molar refractivity (Wildman–Crippen MR) is 115 cm³/mol. The molecular formula is C23H26N4O3. The topological polar surface area (TPSA) is 98.3 Å². The van der Waals surface area contributed by atoms with Crippen molar-refractivity contribution in [1.29, 1.82) is 0 Å². The average molecular weight is 406 g/mol. The Kier molecular flexibility index (Phi) is 5.44. The molecule has 2 aromatic carbocycles. The Morgan fingerprint density at radius 2 is 2.03 bits per heavy atom. The standard InChI is InChI=1S/C23H26N4O3/c1-14(2)22-25-19-8-5-17(12-20(19)26-22)24-23(30)16-11-21(29)27(13-16)10-9-15-3-6-18(28)7-4-15/h3-8,12,14,16,28H,9-11,13H2,1-2H3,(H,24,30)(H,25,26)/t16-/m1/s1. The summed E-state index contributed by atoms with van der Waals surface area (Å²) in [7, 11) is 0. The number of amides is 2. The third-order valence-electron chi connectivity index (χ3n) is 5.51. The van der Waals surface area contributed by atoms with Crippen LogP contribution in [-0.2, 0) is 16.0 Å². The second-order valence-corrected chi connectivity index (χ2v) is 8.16. The zero-order valence-corrected chi connectivity index (χ0v) is 17.2. The number of aromatic hydroxyl groups is 1. The molecule has 1 aromatic heterocycles. The Bertz CT molecular complexity index is 1070. The largest absolute Gasteiger partial charge is 0.508 e. The van der Waals surface area contributed by atoms with Crippen LogP contribution in [0.2, 0.25) is 0 Å². The van der Waals surface area contributed by atoms with E-state index in [0.29, 0.717) is 31.1 Å². The van der Waals surface area contributed by atoms with Gasteiger partial charge in [0.15, 0.2) is 0 Å². The Morgan fingerprint density at radius 3 is 2.77 bits per heavy atom. The van der Waals surface area contributed by atoms with Gasteiger partial charge in [0.05, 0.1) is 17.0 Å². The molecular weight excluding hydrogens is 380 g/mol. The Labute approximate surface area is 175 Å². The lowest BCUT2D eigenvalue weighted by Crippen LogP contribution is -2.30. The first-order valence-corrected chi connectivity index (χ1v) is 10.3. The summed E-state index contributed by atoms with van der Waals surface area (Å²) in [5.41, 5.74) is 3.49. The molecule has 0 bridgehead atoms. The first-order chi connectivity index (χ1) is 14.4. The molecule has 156 valence electrons. The van der Waals surface area contributed by atoms with Crippen LogP contribution in [0, 0.1) is 5.92 Å². The number of benzene rings is 2. The second kappa shape index (κ2) is 8.18. The molecule has 7 nitrogen and oxygen atoms in total. The number of likely N-dealkylation sites (tertiary alicyclic amines) is 1. The summed E-state index contributed by atoms with van der Waals surface area (Å²) in [4.78, 5) is 34.6. The van der Waals surface area contributed by atoms with Gasteiger partial charge in [-0.05, 0) is 42.3 Å². The molecule has 1 fully saturated rings. The molecule has 30 heavy (non-hydrogen) atoms. The normalized spacial score (nSPS) is 16.6. The molecule has 0 spiro atoms. The van der Waals surface area contributed by atoms with Gasteiger partial charge in [0.25, 0.3) is 0 Å². The van der Waals surface area contributed by atoms with Gasteiger partial charge in [0, 0.05) is 31.1 Å². The van der Waals surface area contributed by atoms with E-state index >= 15 is 0 Å². The summed E-state index contributed by atoms with van der Waals surface area (Å²) in [6.07, 6.45) is 0.917. The number of phenolic OH excluding ortho intramolecular Hbond substituents is 1. The second-order valence-electron chi connectivity index (χ2n) is 8.16. The maximum absolute atomic E-state index is 12.7. The molecule has 1 aliphatic rings. The summed E-state index contributed by atoms with van der Waals surface area (Å²) in [6.45, 7) is 5.13. The third-order valence-corrected chi connectivity index (χ3v) is 5.51. The van der Waals surface area contributed by atoms with Gasteiger partial charge >= 0.3 is 0 Å². The van der Waals surface area contributed by atoms with E-state index in [-0.39, 0.29) is 29.9 Å². The third kappa shape index (κ3) is 4.30. The number of nitrogens with zero attached hydrogens (tertiary/aromatic N) is 2. The highest BCUT2D eigenvalue weighted by Gasteiger charge is 2.34. The van der Waals surface area contributed by atoms with E-state index in [1.165, 1.54) is 0 Å². The number of carbonyl (C=O) groups excluding carboxylic acids is 2. The van der Waals surface area contributed by atoms with Crippen LogP contribution in [0.15, 0.2) is 42.5 Å². The van der Waals surface area contributed by atoms with E-state index in [1.807, 2.05) is 30.3 Å². The molecule has 0 unspecified atom stereocenters.